The zero-order valence-corrected chi connectivity index (χ0v) is 26.3. The molecule has 0 fully saturated rings. The summed E-state index contributed by atoms with van der Waals surface area (Å²) < 4.78 is 21.9. The van der Waals surface area contributed by atoms with E-state index in [1.54, 1.807) is 0 Å². The molecule has 0 aromatic carbocycles. The molecule has 0 aromatic rings. The number of aliphatic hydroxyl groups is 2. The van der Waals surface area contributed by atoms with Crippen LogP contribution in [0.15, 0.2) is 0 Å². The lowest BCUT2D eigenvalue weighted by molar-refractivity contribution is -0.870. The predicted molar refractivity (Wildman–Crippen MR) is 154 cm³/mol. The molecule has 236 valence electrons. The number of hydrogen-bond donors (Lipinski definition) is 2. The zero-order chi connectivity index (χ0) is 30.4. The van der Waals surface area contributed by atoms with E-state index in [9.17, 15) is 34.1 Å². The Bertz CT molecular complexity index is 754. The van der Waals surface area contributed by atoms with Gasteiger partial charge in [-0.3, -0.25) is 18.9 Å². The standard InChI is InChI=1S/C29H56NO9P/c1-5-6-7-8-9-10-11-12-13-14-15-16-17-19-25(32)20-18-21-26(33)28(35)29(27(34)24-31)39-40(36,37)38-23-22-30(2,3)4/h27,29,31,34H,5-24H2,1-4H3/t27-,29?/m0/s1. The van der Waals surface area contributed by atoms with E-state index in [0.717, 1.165) is 19.3 Å². The minimum Gasteiger partial charge on any atom is -0.756 e. The van der Waals surface area contributed by atoms with E-state index < -0.39 is 38.2 Å². The van der Waals surface area contributed by atoms with Crippen LogP contribution in [0.4, 0.5) is 0 Å². The third-order valence-electron chi connectivity index (χ3n) is 6.74. The first-order chi connectivity index (χ1) is 18.8. The molecule has 0 amide bonds. The van der Waals surface area contributed by atoms with Crippen molar-refractivity contribution in [1.29, 1.82) is 0 Å². The van der Waals surface area contributed by atoms with Crippen molar-refractivity contribution in [1.82, 2.24) is 0 Å². The Balaban J connectivity index is 4.18. The van der Waals surface area contributed by atoms with Crippen molar-refractivity contribution in [2.24, 2.45) is 0 Å². The molecule has 0 aliphatic rings. The SMILES string of the molecule is CCCCCCCCCCCCCCCC(=O)CCCC(=O)C(=O)C(OP(=O)([O-])OCC[N+](C)(C)C)[C@@H](O)CO. The van der Waals surface area contributed by atoms with E-state index >= 15 is 0 Å². The topological polar surface area (TPSA) is 150 Å². The van der Waals surface area contributed by atoms with E-state index in [1.807, 2.05) is 21.1 Å². The molecule has 0 saturated carbocycles. The summed E-state index contributed by atoms with van der Waals surface area (Å²) in [5.74, 6) is -2.24. The molecule has 0 radical (unpaired) electrons. The Hall–Kier alpha value is -1.00. The average Bonchev–Trinajstić information content (AvgIpc) is 2.88. The van der Waals surface area contributed by atoms with E-state index in [0.29, 0.717) is 17.4 Å². The van der Waals surface area contributed by atoms with Gasteiger partial charge in [-0.05, 0) is 12.8 Å². The lowest BCUT2D eigenvalue weighted by Gasteiger charge is -2.30. The molecule has 10 nitrogen and oxygen atoms in total. The molecule has 0 aliphatic heterocycles. The number of carbonyl (C=O) groups is 3. The van der Waals surface area contributed by atoms with E-state index in [-0.39, 0.29) is 31.7 Å². The number of rotatable bonds is 28. The Morgan fingerprint density at radius 3 is 1.75 bits per heavy atom. The van der Waals surface area contributed by atoms with Crippen LogP contribution in [0.3, 0.4) is 0 Å². The molecule has 0 aromatic heterocycles. The Kier molecular flexibility index (Phi) is 22.0. The van der Waals surface area contributed by atoms with Crippen LogP contribution in [-0.2, 0) is 28.0 Å². The second-order valence-corrected chi connectivity index (χ2v) is 13.1. The molecule has 2 unspecified atom stereocenters. The number of Topliss-reactive ketones (excluding diaryl/α,β-unsaturated/α-hetero) is 3. The molecule has 11 heteroatoms. The van der Waals surface area contributed by atoms with Crippen molar-refractivity contribution in [2.45, 2.75) is 128 Å². The van der Waals surface area contributed by atoms with E-state index in [2.05, 4.69) is 11.4 Å². The first kappa shape index (κ1) is 39.0. The summed E-state index contributed by atoms with van der Waals surface area (Å²) >= 11 is 0. The van der Waals surface area contributed by atoms with Gasteiger partial charge in [-0.15, -0.1) is 0 Å². The van der Waals surface area contributed by atoms with Gasteiger partial charge in [0.15, 0.2) is 6.10 Å². The van der Waals surface area contributed by atoms with Gasteiger partial charge in [0, 0.05) is 19.3 Å². The Morgan fingerprint density at radius 2 is 1.27 bits per heavy atom. The van der Waals surface area contributed by atoms with E-state index in [4.69, 9.17) is 4.52 Å². The molecular formula is C29H56NO9P. The van der Waals surface area contributed by atoms with Gasteiger partial charge in [-0.25, -0.2) is 0 Å². The normalized spacial score (nSPS) is 15.0. The highest BCUT2D eigenvalue weighted by atomic mass is 31.2. The summed E-state index contributed by atoms with van der Waals surface area (Å²) in [5.41, 5.74) is 0. The second-order valence-electron chi connectivity index (χ2n) is 11.7. The highest BCUT2D eigenvalue weighted by molar-refractivity contribution is 7.45. The maximum absolute atomic E-state index is 12.5. The van der Waals surface area contributed by atoms with Crippen LogP contribution in [-0.4, -0.2) is 85.2 Å². The molecular weight excluding hydrogens is 537 g/mol. The number of quaternary nitrogens is 1. The fourth-order valence-electron chi connectivity index (χ4n) is 4.18. The van der Waals surface area contributed by atoms with Crippen molar-refractivity contribution in [3.05, 3.63) is 0 Å². The molecule has 0 rings (SSSR count). The van der Waals surface area contributed by atoms with Gasteiger partial charge in [0.05, 0.1) is 27.7 Å². The number of hydrogen-bond acceptors (Lipinski definition) is 9. The fraction of sp³-hybridized carbons (Fsp3) is 0.897. The number of unbranched alkanes of at least 4 members (excludes halogenated alkanes) is 12. The number of phosphoric acid groups is 1. The molecule has 0 aliphatic carbocycles. The summed E-state index contributed by atoms with van der Waals surface area (Å²) in [6, 6.07) is 0. The van der Waals surface area contributed by atoms with Crippen LogP contribution in [0.25, 0.3) is 0 Å². The van der Waals surface area contributed by atoms with Crippen LogP contribution in [0, 0.1) is 0 Å². The van der Waals surface area contributed by atoms with Gasteiger partial charge in [0.25, 0.3) is 7.82 Å². The minimum absolute atomic E-state index is 0.0150. The number of nitrogens with zero attached hydrogens (tertiary/aromatic N) is 1. The Labute approximate surface area is 242 Å². The molecule has 40 heavy (non-hydrogen) atoms. The number of carbonyl (C=O) groups excluding carboxylic acids is 3. The smallest absolute Gasteiger partial charge is 0.268 e. The summed E-state index contributed by atoms with van der Waals surface area (Å²) in [5, 5.41) is 19.1. The van der Waals surface area contributed by atoms with Crippen LogP contribution in [0.5, 0.6) is 0 Å². The summed E-state index contributed by atoms with van der Waals surface area (Å²) in [6.07, 6.45) is 12.3. The summed E-state index contributed by atoms with van der Waals surface area (Å²) in [4.78, 5) is 49.1. The number of phosphoric ester groups is 1. The van der Waals surface area contributed by atoms with E-state index in [1.165, 1.54) is 64.2 Å². The lowest BCUT2D eigenvalue weighted by atomic mass is 10.00. The maximum atomic E-state index is 12.5. The highest BCUT2D eigenvalue weighted by Gasteiger charge is 2.35. The van der Waals surface area contributed by atoms with Gasteiger partial charge in [-0.1, -0.05) is 84.0 Å². The lowest BCUT2D eigenvalue weighted by Crippen LogP contribution is -2.43. The molecule has 0 saturated heterocycles. The van der Waals surface area contributed by atoms with Crippen LogP contribution in [0.1, 0.15) is 116 Å². The first-order valence-corrected chi connectivity index (χ1v) is 16.6. The average molecular weight is 594 g/mol. The minimum atomic E-state index is -5.03. The van der Waals surface area contributed by atoms with Crippen molar-refractivity contribution in [3.8, 4) is 0 Å². The van der Waals surface area contributed by atoms with Crippen molar-refractivity contribution in [3.63, 3.8) is 0 Å². The monoisotopic (exact) mass is 593 g/mol. The predicted octanol–water partition coefficient (Wildman–Crippen LogP) is 4.27. The van der Waals surface area contributed by atoms with Crippen molar-refractivity contribution >= 4 is 25.2 Å². The maximum Gasteiger partial charge on any atom is 0.268 e. The summed E-state index contributed by atoms with van der Waals surface area (Å²) in [7, 11) is 0.443. The quantitative estimate of drug-likeness (QED) is 0.0586. The van der Waals surface area contributed by atoms with Gasteiger partial charge in [0.1, 0.15) is 25.0 Å². The molecule has 3 atom stereocenters. The zero-order valence-electron chi connectivity index (χ0n) is 25.4. The number of ketones is 3. The Morgan fingerprint density at radius 1 is 0.800 bits per heavy atom. The van der Waals surface area contributed by atoms with Crippen LogP contribution in [0.2, 0.25) is 0 Å². The van der Waals surface area contributed by atoms with Gasteiger partial charge >= 0.3 is 0 Å². The third kappa shape index (κ3) is 21.7. The van der Waals surface area contributed by atoms with Gasteiger partial charge < -0.3 is 28.6 Å². The van der Waals surface area contributed by atoms with Crippen molar-refractivity contribution < 1.29 is 47.6 Å². The molecule has 0 spiro atoms. The van der Waals surface area contributed by atoms with Gasteiger partial charge in [0.2, 0.25) is 11.6 Å². The van der Waals surface area contributed by atoms with Crippen LogP contribution < -0.4 is 4.89 Å². The number of aliphatic hydroxyl groups excluding tert-OH is 2. The summed E-state index contributed by atoms with van der Waals surface area (Å²) in [6.45, 7) is 1.34. The van der Waals surface area contributed by atoms with Gasteiger partial charge in [-0.2, -0.15) is 0 Å². The fourth-order valence-corrected chi connectivity index (χ4v) is 5.06. The van der Waals surface area contributed by atoms with Crippen LogP contribution >= 0.6 is 7.82 Å². The molecule has 0 heterocycles. The molecule has 0 bridgehead atoms. The highest BCUT2D eigenvalue weighted by Crippen LogP contribution is 2.40. The second kappa shape index (κ2) is 22.6. The third-order valence-corrected chi connectivity index (χ3v) is 7.73. The first-order valence-electron chi connectivity index (χ1n) is 15.1. The number of likely N-dealkylation sites (N-methyl/N-ethyl adjacent to an activating group) is 1. The molecule has 2 N–H and O–H groups in total. The van der Waals surface area contributed by atoms with Crippen molar-refractivity contribution in [2.75, 3.05) is 40.9 Å². The largest absolute Gasteiger partial charge is 0.756 e.